The zero-order valence-corrected chi connectivity index (χ0v) is 11.2. The molecular weight excluding hydrogens is 280 g/mol. The summed E-state index contributed by atoms with van der Waals surface area (Å²) in [7, 11) is 0. The number of aryl methyl sites for hydroxylation is 2. The van der Waals surface area contributed by atoms with Gasteiger partial charge >= 0.3 is 0 Å². The molecule has 0 fully saturated rings. The highest BCUT2D eigenvalue weighted by molar-refractivity contribution is 9.10. The molecule has 1 aromatic carbocycles. The van der Waals surface area contributed by atoms with Crippen molar-refractivity contribution in [2.45, 2.75) is 13.8 Å². The van der Waals surface area contributed by atoms with Crippen molar-refractivity contribution in [3.63, 3.8) is 0 Å². The SMILES string of the molecule is Cc1cc(Nc2cncc(N)n2)cc(C)c1Br. The molecule has 5 heteroatoms. The van der Waals surface area contributed by atoms with Gasteiger partial charge in [-0.2, -0.15) is 0 Å². The molecule has 0 aliphatic rings. The average Bonchev–Trinajstić information content (AvgIpc) is 2.26. The Bertz CT molecular complexity index is 531. The molecule has 0 atom stereocenters. The van der Waals surface area contributed by atoms with Crippen LogP contribution in [0.3, 0.4) is 0 Å². The number of nitrogens with zero attached hydrogens (tertiary/aromatic N) is 2. The molecular formula is C12H13BrN4. The van der Waals surface area contributed by atoms with E-state index in [0.717, 1.165) is 10.2 Å². The maximum absolute atomic E-state index is 5.58. The van der Waals surface area contributed by atoms with E-state index in [1.165, 1.54) is 17.3 Å². The first-order valence-corrected chi connectivity index (χ1v) is 5.97. The van der Waals surface area contributed by atoms with Crippen LogP contribution in [0.4, 0.5) is 17.3 Å². The van der Waals surface area contributed by atoms with E-state index in [1.807, 2.05) is 26.0 Å². The lowest BCUT2D eigenvalue weighted by atomic mass is 10.1. The van der Waals surface area contributed by atoms with Gasteiger partial charge in [0, 0.05) is 10.2 Å². The van der Waals surface area contributed by atoms with Crippen LogP contribution in [-0.2, 0) is 0 Å². The smallest absolute Gasteiger partial charge is 0.151 e. The molecule has 1 aromatic heterocycles. The van der Waals surface area contributed by atoms with E-state index in [-0.39, 0.29) is 0 Å². The number of halogens is 1. The van der Waals surface area contributed by atoms with Gasteiger partial charge in [-0.05, 0) is 37.1 Å². The van der Waals surface area contributed by atoms with Crippen LogP contribution in [0, 0.1) is 13.8 Å². The number of benzene rings is 1. The molecule has 17 heavy (non-hydrogen) atoms. The molecule has 0 saturated carbocycles. The summed E-state index contributed by atoms with van der Waals surface area (Å²) in [6, 6.07) is 4.09. The first-order valence-electron chi connectivity index (χ1n) is 5.17. The van der Waals surface area contributed by atoms with Crippen molar-refractivity contribution in [3.8, 4) is 0 Å². The van der Waals surface area contributed by atoms with Gasteiger partial charge in [-0.25, -0.2) is 4.98 Å². The summed E-state index contributed by atoms with van der Waals surface area (Å²) in [6.07, 6.45) is 3.16. The predicted molar refractivity (Wildman–Crippen MR) is 73.3 cm³/mol. The lowest BCUT2D eigenvalue weighted by molar-refractivity contribution is 1.20. The van der Waals surface area contributed by atoms with Gasteiger partial charge in [0.25, 0.3) is 0 Å². The van der Waals surface area contributed by atoms with Crippen LogP contribution in [0.2, 0.25) is 0 Å². The van der Waals surface area contributed by atoms with Gasteiger partial charge in [-0.1, -0.05) is 15.9 Å². The van der Waals surface area contributed by atoms with Gasteiger partial charge in [0.15, 0.2) is 5.82 Å². The zero-order valence-electron chi connectivity index (χ0n) is 9.66. The second-order valence-electron chi connectivity index (χ2n) is 3.88. The summed E-state index contributed by atoms with van der Waals surface area (Å²) in [5, 5.41) is 3.18. The summed E-state index contributed by atoms with van der Waals surface area (Å²) >= 11 is 3.53. The van der Waals surface area contributed by atoms with Crippen molar-refractivity contribution in [1.82, 2.24) is 9.97 Å². The third kappa shape index (κ3) is 2.74. The molecule has 4 nitrogen and oxygen atoms in total. The molecule has 0 aliphatic heterocycles. The third-order valence-corrected chi connectivity index (χ3v) is 3.61. The molecule has 0 saturated heterocycles. The van der Waals surface area contributed by atoms with Crippen LogP contribution in [0.15, 0.2) is 29.0 Å². The van der Waals surface area contributed by atoms with Crippen molar-refractivity contribution in [2.75, 3.05) is 11.1 Å². The third-order valence-electron chi connectivity index (χ3n) is 2.36. The molecule has 1 heterocycles. The molecule has 0 unspecified atom stereocenters. The molecule has 3 N–H and O–H groups in total. The van der Waals surface area contributed by atoms with Crippen molar-refractivity contribution >= 4 is 33.3 Å². The lowest BCUT2D eigenvalue weighted by Crippen LogP contribution is -1.99. The Labute approximate surface area is 108 Å². The van der Waals surface area contributed by atoms with Gasteiger partial charge in [-0.15, -0.1) is 0 Å². The molecule has 0 amide bonds. The quantitative estimate of drug-likeness (QED) is 0.892. The highest BCUT2D eigenvalue weighted by Gasteiger charge is 2.03. The fourth-order valence-electron chi connectivity index (χ4n) is 1.61. The van der Waals surface area contributed by atoms with E-state index >= 15 is 0 Å². The first-order chi connectivity index (χ1) is 8.06. The number of rotatable bonds is 2. The van der Waals surface area contributed by atoms with Gasteiger partial charge in [-0.3, -0.25) is 4.98 Å². The highest BCUT2D eigenvalue weighted by atomic mass is 79.9. The van der Waals surface area contributed by atoms with Crippen molar-refractivity contribution in [3.05, 3.63) is 40.1 Å². The van der Waals surface area contributed by atoms with Gasteiger partial charge < -0.3 is 11.1 Å². The van der Waals surface area contributed by atoms with E-state index in [9.17, 15) is 0 Å². The molecule has 0 radical (unpaired) electrons. The summed E-state index contributed by atoms with van der Waals surface area (Å²) in [4.78, 5) is 8.13. The van der Waals surface area contributed by atoms with Crippen LogP contribution in [0.25, 0.3) is 0 Å². The van der Waals surface area contributed by atoms with Gasteiger partial charge in [0.1, 0.15) is 5.82 Å². The standard InChI is InChI=1S/C12H13BrN4/c1-7-3-9(4-8(2)12(7)13)16-11-6-15-5-10(14)17-11/h3-6H,1-2H3,(H3,14,16,17). The van der Waals surface area contributed by atoms with Crippen molar-refractivity contribution in [2.24, 2.45) is 0 Å². The fourth-order valence-corrected chi connectivity index (χ4v) is 1.84. The molecule has 2 aromatic rings. The Morgan fingerprint density at radius 1 is 1.18 bits per heavy atom. The number of anilines is 3. The minimum Gasteiger partial charge on any atom is -0.382 e. The van der Waals surface area contributed by atoms with Crippen LogP contribution < -0.4 is 11.1 Å². The number of hydrogen-bond donors (Lipinski definition) is 2. The van der Waals surface area contributed by atoms with Crippen LogP contribution >= 0.6 is 15.9 Å². The Morgan fingerprint density at radius 2 is 1.82 bits per heavy atom. The summed E-state index contributed by atoms with van der Waals surface area (Å²) in [6.45, 7) is 4.10. The normalized spacial score (nSPS) is 10.3. The lowest BCUT2D eigenvalue weighted by Gasteiger charge is -2.09. The van der Waals surface area contributed by atoms with Crippen molar-refractivity contribution < 1.29 is 0 Å². The summed E-state index contributed by atoms with van der Waals surface area (Å²) in [5.41, 5.74) is 8.89. The van der Waals surface area contributed by atoms with Crippen LogP contribution in [0.1, 0.15) is 11.1 Å². The maximum Gasteiger partial charge on any atom is 0.151 e. The second kappa shape index (κ2) is 4.71. The minimum absolute atomic E-state index is 0.403. The first kappa shape index (κ1) is 11.9. The molecule has 0 aliphatic carbocycles. The van der Waals surface area contributed by atoms with E-state index < -0.39 is 0 Å². The summed E-state index contributed by atoms with van der Waals surface area (Å²) < 4.78 is 1.13. The Hall–Kier alpha value is -1.62. The average molecular weight is 293 g/mol. The van der Waals surface area contributed by atoms with Crippen LogP contribution in [-0.4, -0.2) is 9.97 Å². The van der Waals surface area contributed by atoms with Crippen LogP contribution in [0.5, 0.6) is 0 Å². The predicted octanol–water partition coefficient (Wildman–Crippen LogP) is 3.18. The van der Waals surface area contributed by atoms with E-state index in [0.29, 0.717) is 11.6 Å². The van der Waals surface area contributed by atoms with Gasteiger partial charge in [0.2, 0.25) is 0 Å². The van der Waals surface area contributed by atoms with Crippen molar-refractivity contribution in [1.29, 1.82) is 0 Å². The number of nitrogens with two attached hydrogens (primary N) is 1. The molecule has 0 spiro atoms. The minimum atomic E-state index is 0.403. The Kier molecular flexibility index (Phi) is 3.28. The number of hydrogen-bond acceptors (Lipinski definition) is 4. The molecule has 0 bridgehead atoms. The topological polar surface area (TPSA) is 63.8 Å². The number of aromatic nitrogens is 2. The van der Waals surface area contributed by atoms with E-state index in [4.69, 9.17) is 5.73 Å². The second-order valence-corrected chi connectivity index (χ2v) is 4.67. The van der Waals surface area contributed by atoms with E-state index in [2.05, 4.69) is 31.2 Å². The zero-order chi connectivity index (χ0) is 12.4. The largest absolute Gasteiger partial charge is 0.382 e. The maximum atomic E-state index is 5.58. The monoisotopic (exact) mass is 292 g/mol. The van der Waals surface area contributed by atoms with Gasteiger partial charge in [0.05, 0.1) is 12.4 Å². The van der Waals surface area contributed by atoms with E-state index in [1.54, 1.807) is 6.20 Å². The fraction of sp³-hybridized carbons (Fsp3) is 0.167. The summed E-state index contributed by atoms with van der Waals surface area (Å²) in [5.74, 6) is 1.05. The molecule has 2 rings (SSSR count). The Morgan fingerprint density at radius 3 is 2.41 bits per heavy atom. The Balaban J connectivity index is 2.31. The molecule has 88 valence electrons. The number of nitrogen functional groups attached to an aromatic ring is 1. The highest BCUT2D eigenvalue weighted by Crippen LogP contribution is 2.26. The number of nitrogens with one attached hydrogen (secondary N) is 1.